The van der Waals surface area contributed by atoms with Crippen LogP contribution in [-0.4, -0.2) is 37.4 Å². The Balaban J connectivity index is 2.13. The van der Waals surface area contributed by atoms with E-state index in [0.717, 1.165) is 11.3 Å². The molecule has 0 amide bonds. The van der Waals surface area contributed by atoms with Gasteiger partial charge in [-0.3, -0.25) is 4.79 Å². The summed E-state index contributed by atoms with van der Waals surface area (Å²) in [6.45, 7) is 2.39. The molecular weight excluding hydrogens is 270 g/mol. The van der Waals surface area contributed by atoms with Crippen molar-refractivity contribution in [1.82, 2.24) is 0 Å². The van der Waals surface area contributed by atoms with Gasteiger partial charge in [0.1, 0.15) is 10.3 Å². The van der Waals surface area contributed by atoms with Crippen LogP contribution in [0.3, 0.4) is 0 Å². The molecule has 7 heteroatoms. The predicted octanol–water partition coefficient (Wildman–Crippen LogP) is 1.39. The maximum Gasteiger partial charge on any atom is 0.340 e. The number of aromatic carboxylic acids is 1. The largest absolute Gasteiger partial charge is 0.478 e. The van der Waals surface area contributed by atoms with Gasteiger partial charge in [-0.25, -0.2) is 4.79 Å². The van der Waals surface area contributed by atoms with Crippen molar-refractivity contribution in [2.24, 2.45) is 0 Å². The average molecular weight is 281 g/mol. The third-order valence-electron chi connectivity index (χ3n) is 2.98. The maximum atomic E-state index is 12.0. The Bertz CT molecular complexity index is 683. The van der Waals surface area contributed by atoms with Crippen LogP contribution in [0.5, 0.6) is 0 Å². The summed E-state index contributed by atoms with van der Waals surface area (Å²) in [6, 6.07) is 1.41. The lowest BCUT2D eigenvalue weighted by molar-refractivity contribution is 0.0698. The molecule has 3 heterocycles. The van der Waals surface area contributed by atoms with Crippen LogP contribution >= 0.6 is 11.3 Å². The Labute approximate surface area is 111 Å². The fourth-order valence-corrected chi connectivity index (χ4v) is 2.89. The van der Waals surface area contributed by atoms with Crippen molar-refractivity contribution in [3.8, 4) is 0 Å². The van der Waals surface area contributed by atoms with Gasteiger partial charge in [0.15, 0.2) is 11.5 Å². The van der Waals surface area contributed by atoms with Crippen molar-refractivity contribution in [2.45, 2.75) is 0 Å². The minimum Gasteiger partial charge on any atom is -0.478 e. The fourth-order valence-electron chi connectivity index (χ4n) is 2.02. The number of ether oxygens (including phenoxy) is 1. The summed E-state index contributed by atoms with van der Waals surface area (Å²) >= 11 is 1.09. The van der Waals surface area contributed by atoms with E-state index >= 15 is 0 Å². The minimum absolute atomic E-state index is 0.0345. The number of hydrogen-bond donors (Lipinski definition) is 1. The normalized spacial score (nSPS) is 15.9. The summed E-state index contributed by atoms with van der Waals surface area (Å²) in [5.74, 6) is -0.685. The second-order valence-electron chi connectivity index (χ2n) is 4.16. The first-order valence-corrected chi connectivity index (χ1v) is 6.66. The molecule has 1 aliphatic rings. The van der Waals surface area contributed by atoms with Gasteiger partial charge in [0.2, 0.25) is 5.43 Å². The van der Waals surface area contributed by atoms with Gasteiger partial charge in [-0.1, -0.05) is 0 Å². The van der Waals surface area contributed by atoms with E-state index < -0.39 is 5.97 Å². The molecule has 1 N–H and O–H groups in total. The number of morpholine rings is 1. The minimum atomic E-state index is -1.09. The first-order chi connectivity index (χ1) is 9.16. The van der Waals surface area contributed by atoms with E-state index in [1.807, 2.05) is 4.90 Å². The molecule has 1 fully saturated rings. The molecule has 0 unspecified atom stereocenters. The Morgan fingerprint density at radius 2 is 2.11 bits per heavy atom. The zero-order chi connectivity index (χ0) is 13.4. The molecule has 0 radical (unpaired) electrons. The number of hydrogen-bond acceptors (Lipinski definition) is 6. The highest BCUT2D eigenvalue weighted by molar-refractivity contribution is 7.17. The zero-order valence-corrected chi connectivity index (χ0v) is 10.7. The van der Waals surface area contributed by atoms with Gasteiger partial charge in [-0.15, -0.1) is 11.3 Å². The lowest BCUT2D eigenvalue weighted by atomic mass is 10.3. The average Bonchev–Trinajstić information content (AvgIpc) is 2.84. The van der Waals surface area contributed by atoms with Crippen LogP contribution in [0.2, 0.25) is 0 Å². The van der Waals surface area contributed by atoms with Crippen LogP contribution in [0.15, 0.2) is 20.7 Å². The number of carboxylic acid groups (broad SMARTS) is 1. The second-order valence-corrected chi connectivity index (χ2v) is 5.04. The summed E-state index contributed by atoms with van der Waals surface area (Å²) in [5, 5.41) is 10.5. The zero-order valence-electron chi connectivity index (χ0n) is 9.92. The molecular formula is C12H11NO5S. The number of nitrogens with zero attached hydrogens (tertiary/aromatic N) is 1. The molecule has 0 aliphatic carbocycles. The molecule has 1 saturated heterocycles. The predicted molar refractivity (Wildman–Crippen MR) is 70.4 cm³/mol. The van der Waals surface area contributed by atoms with Crippen molar-refractivity contribution in [2.75, 3.05) is 31.2 Å². The molecule has 0 spiro atoms. The number of fused-ring (bicyclic) bond motifs is 1. The Morgan fingerprint density at radius 3 is 2.79 bits per heavy atom. The van der Waals surface area contributed by atoms with E-state index in [9.17, 15) is 9.59 Å². The van der Waals surface area contributed by atoms with Crippen LogP contribution in [0, 0.1) is 0 Å². The van der Waals surface area contributed by atoms with Crippen molar-refractivity contribution >= 4 is 33.5 Å². The SMILES string of the molecule is O=C(O)c1csc2c(=O)cc(N3CCOCC3)oc12. The van der Waals surface area contributed by atoms with E-state index in [1.165, 1.54) is 11.4 Å². The number of thiophene rings is 1. The number of carbonyl (C=O) groups is 1. The van der Waals surface area contributed by atoms with Gasteiger partial charge in [0, 0.05) is 24.5 Å². The monoisotopic (exact) mass is 281 g/mol. The van der Waals surface area contributed by atoms with E-state index in [-0.39, 0.29) is 16.6 Å². The molecule has 2 aromatic rings. The maximum absolute atomic E-state index is 12.0. The Kier molecular flexibility index (Phi) is 3.00. The number of anilines is 1. The first kappa shape index (κ1) is 12.2. The third kappa shape index (κ3) is 2.11. The molecule has 100 valence electrons. The molecule has 1 aliphatic heterocycles. The van der Waals surface area contributed by atoms with Crippen LogP contribution < -0.4 is 10.3 Å². The lowest BCUT2D eigenvalue weighted by Crippen LogP contribution is -2.36. The lowest BCUT2D eigenvalue weighted by Gasteiger charge is -2.26. The van der Waals surface area contributed by atoms with Crippen molar-refractivity contribution in [3.63, 3.8) is 0 Å². The third-order valence-corrected chi connectivity index (χ3v) is 3.96. The molecule has 0 saturated carbocycles. The van der Waals surface area contributed by atoms with Gasteiger partial charge >= 0.3 is 5.97 Å². The summed E-state index contributed by atoms with van der Waals surface area (Å²) < 4.78 is 11.2. The summed E-state index contributed by atoms with van der Waals surface area (Å²) in [5.41, 5.74) is -0.0149. The van der Waals surface area contributed by atoms with Gasteiger partial charge in [0.25, 0.3) is 0 Å². The van der Waals surface area contributed by atoms with Crippen molar-refractivity contribution in [1.29, 1.82) is 0 Å². The van der Waals surface area contributed by atoms with Crippen LogP contribution in [0.25, 0.3) is 10.3 Å². The van der Waals surface area contributed by atoms with Gasteiger partial charge in [-0.2, -0.15) is 0 Å². The highest BCUT2D eigenvalue weighted by atomic mass is 32.1. The molecule has 19 heavy (non-hydrogen) atoms. The van der Waals surface area contributed by atoms with E-state index in [0.29, 0.717) is 36.9 Å². The molecule has 2 aromatic heterocycles. The van der Waals surface area contributed by atoms with E-state index in [1.54, 1.807) is 0 Å². The van der Waals surface area contributed by atoms with Crippen molar-refractivity contribution < 1.29 is 19.1 Å². The summed E-state index contributed by atoms with van der Waals surface area (Å²) in [6.07, 6.45) is 0. The molecule has 0 aromatic carbocycles. The number of carboxylic acids is 1. The Morgan fingerprint density at radius 1 is 1.37 bits per heavy atom. The molecule has 6 nitrogen and oxygen atoms in total. The molecule has 3 rings (SSSR count). The fraction of sp³-hybridized carbons (Fsp3) is 0.333. The standard InChI is InChI=1S/C12H11NO5S/c14-8-5-9(13-1-3-17-4-2-13)18-10-7(12(15)16)6-19-11(8)10/h5-6H,1-4H2,(H,15,16). The smallest absolute Gasteiger partial charge is 0.340 e. The quantitative estimate of drug-likeness (QED) is 0.896. The van der Waals surface area contributed by atoms with Crippen LogP contribution in [0.4, 0.5) is 5.88 Å². The first-order valence-electron chi connectivity index (χ1n) is 5.78. The van der Waals surface area contributed by atoms with Crippen LogP contribution in [0.1, 0.15) is 10.4 Å². The van der Waals surface area contributed by atoms with Gasteiger partial charge in [0.05, 0.1) is 13.2 Å². The van der Waals surface area contributed by atoms with Gasteiger partial charge in [-0.05, 0) is 0 Å². The van der Waals surface area contributed by atoms with Gasteiger partial charge < -0.3 is 19.2 Å². The number of rotatable bonds is 2. The second kappa shape index (κ2) is 4.67. The topological polar surface area (TPSA) is 80.0 Å². The highest BCUT2D eigenvalue weighted by Crippen LogP contribution is 2.27. The van der Waals surface area contributed by atoms with E-state index in [2.05, 4.69) is 0 Å². The van der Waals surface area contributed by atoms with Crippen LogP contribution in [-0.2, 0) is 4.74 Å². The summed E-state index contributed by atoms with van der Waals surface area (Å²) in [7, 11) is 0. The molecule has 0 bridgehead atoms. The summed E-state index contributed by atoms with van der Waals surface area (Å²) in [4.78, 5) is 24.9. The highest BCUT2D eigenvalue weighted by Gasteiger charge is 2.20. The van der Waals surface area contributed by atoms with E-state index in [4.69, 9.17) is 14.3 Å². The molecule has 0 atom stereocenters. The Hall–Kier alpha value is -1.86. The van der Waals surface area contributed by atoms with Crippen molar-refractivity contribution in [3.05, 3.63) is 27.2 Å².